The van der Waals surface area contributed by atoms with E-state index in [0.29, 0.717) is 5.56 Å². The lowest BCUT2D eigenvalue weighted by molar-refractivity contribution is -0.385. The number of benzene rings is 1. The topological polar surface area (TPSA) is 95.2 Å². The minimum absolute atomic E-state index is 0.112. The number of hydrogen-bond donors (Lipinski definition) is 0. The van der Waals surface area contributed by atoms with Crippen molar-refractivity contribution in [3.8, 4) is 11.4 Å². The van der Waals surface area contributed by atoms with Gasteiger partial charge in [-0.05, 0) is 6.92 Å². The molecule has 102 valence electrons. The number of ether oxygens (including phenoxy) is 1. The maximum atomic E-state index is 11.7. The van der Waals surface area contributed by atoms with E-state index in [4.69, 9.17) is 4.74 Å². The predicted octanol–water partition coefficient (Wildman–Crippen LogP) is 2.23. The number of carbonyl (C=O) groups is 1. The molecule has 0 atom stereocenters. The van der Waals surface area contributed by atoms with Crippen molar-refractivity contribution < 1.29 is 14.5 Å². The van der Waals surface area contributed by atoms with Crippen LogP contribution in [0.3, 0.4) is 0 Å². The first kappa shape index (κ1) is 13.6. The van der Waals surface area contributed by atoms with Gasteiger partial charge in [-0.25, -0.2) is 14.8 Å². The molecule has 0 bridgehead atoms. The Morgan fingerprint density at radius 3 is 2.65 bits per heavy atom. The highest BCUT2D eigenvalue weighted by molar-refractivity contribution is 5.92. The largest absolute Gasteiger partial charge is 0.461 e. The molecule has 0 fully saturated rings. The quantitative estimate of drug-likeness (QED) is 0.481. The average molecular weight is 273 g/mol. The van der Waals surface area contributed by atoms with Crippen LogP contribution < -0.4 is 0 Å². The number of esters is 1. The summed E-state index contributed by atoms with van der Waals surface area (Å²) in [6.45, 7) is 1.73. The van der Waals surface area contributed by atoms with E-state index < -0.39 is 16.6 Å². The normalized spacial score (nSPS) is 10.1. The summed E-state index contributed by atoms with van der Waals surface area (Å²) in [5.74, 6) is -0.599. The van der Waals surface area contributed by atoms with Gasteiger partial charge in [-0.2, -0.15) is 0 Å². The van der Waals surface area contributed by atoms with Crippen LogP contribution in [-0.4, -0.2) is 27.5 Å². The molecule has 2 aromatic rings. The van der Waals surface area contributed by atoms with Gasteiger partial charge in [0, 0.05) is 5.56 Å². The summed E-state index contributed by atoms with van der Waals surface area (Å²) in [6, 6.07) is 8.88. The first-order valence-corrected chi connectivity index (χ1v) is 5.87. The molecule has 0 unspecified atom stereocenters. The fourth-order valence-electron chi connectivity index (χ4n) is 1.59. The van der Waals surface area contributed by atoms with Crippen LogP contribution in [0.5, 0.6) is 0 Å². The van der Waals surface area contributed by atoms with E-state index in [9.17, 15) is 14.9 Å². The molecule has 0 N–H and O–H groups in total. The standard InChI is InChI=1S/C13H11N3O4/c1-2-20-13(17)11-10(16(18)19)8-14-12(15-11)9-6-4-3-5-7-9/h3-8H,2H2,1H3. The van der Waals surface area contributed by atoms with Crippen LogP contribution in [0.4, 0.5) is 5.69 Å². The van der Waals surface area contributed by atoms with Crippen molar-refractivity contribution in [3.05, 3.63) is 52.3 Å². The summed E-state index contributed by atoms with van der Waals surface area (Å²) < 4.78 is 4.78. The van der Waals surface area contributed by atoms with Crippen molar-refractivity contribution in [1.82, 2.24) is 9.97 Å². The molecular formula is C13H11N3O4. The molecule has 1 aromatic carbocycles. The Hall–Kier alpha value is -2.83. The first-order chi connectivity index (χ1) is 9.63. The van der Waals surface area contributed by atoms with Gasteiger partial charge < -0.3 is 4.74 Å². The van der Waals surface area contributed by atoms with E-state index in [1.807, 2.05) is 6.07 Å². The molecular weight excluding hydrogens is 262 g/mol. The van der Waals surface area contributed by atoms with Gasteiger partial charge in [0.15, 0.2) is 5.82 Å². The second-order valence-electron chi connectivity index (χ2n) is 3.77. The third kappa shape index (κ3) is 2.77. The molecule has 2 rings (SSSR count). The Morgan fingerprint density at radius 2 is 2.05 bits per heavy atom. The van der Waals surface area contributed by atoms with Crippen molar-refractivity contribution in [1.29, 1.82) is 0 Å². The van der Waals surface area contributed by atoms with Crippen molar-refractivity contribution in [2.75, 3.05) is 6.61 Å². The van der Waals surface area contributed by atoms with Gasteiger partial charge in [-0.15, -0.1) is 0 Å². The number of carbonyl (C=O) groups excluding carboxylic acids is 1. The molecule has 0 amide bonds. The average Bonchev–Trinajstić information content (AvgIpc) is 2.47. The van der Waals surface area contributed by atoms with Gasteiger partial charge in [-0.1, -0.05) is 30.3 Å². The summed E-state index contributed by atoms with van der Waals surface area (Å²) in [6.07, 6.45) is 1.02. The first-order valence-electron chi connectivity index (χ1n) is 5.87. The number of aromatic nitrogens is 2. The maximum absolute atomic E-state index is 11.7. The monoisotopic (exact) mass is 273 g/mol. The lowest BCUT2D eigenvalue weighted by Gasteiger charge is -2.04. The zero-order chi connectivity index (χ0) is 14.5. The number of hydrogen-bond acceptors (Lipinski definition) is 6. The van der Waals surface area contributed by atoms with Crippen LogP contribution in [0.15, 0.2) is 36.5 Å². The minimum Gasteiger partial charge on any atom is -0.461 e. The van der Waals surface area contributed by atoms with Gasteiger partial charge in [0.1, 0.15) is 6.20 Å². The van der Waals surface area contributed by atoms with Crippen LogP contribution in [0.1, 0.15) is 17.4 Å². The van der Waals surface area contributed by atoms with Gasteiger partial charge >= 0.3 is 11.7 Å². The third-order valence-electron chi connectivity index (χ3n) is 2.47. The minimum atomic E-state index is -0.834. The van der Waals surface area contributed by atoms with Crippen LogP contribution in [0.2, 0.25) is 0 Å². The smallest absolute Gasteiger partial charge is 0.364 e. The van der Waals surface area contributed by atoms with Crippen LogP contribution >= 0.6 is 0 Å². The van der Waals surface area contributed by atoms with Gasteiger partial charge in [0.2, 0.25) is 5.69 Å². The van der Waals surface area contributed by atoms with Gasteiger partial charge in [0.25, 0.3) is 0 Å². The van der Waals surface area contributed by atoms with Crippen LogP contribution in [-0.2, 0) is 4.74 Å². The van der Waals surface area contributed by atoms with Gasteiger partial charge in [0.05, 0.1) is 11.5 Å². The van der Waals surface area contributed by atoms with Crippen molar-refractivity contribution in [2.24, 2.45) is 0 Å². The molecule has 7 heteroatoms. The zero-order valence-corrected chi connectivity index (χ0v) is 10.6. The Morgan fingerprint density at radius 1 is 1.35 bits per heavy atom. The Bertz CT molecular complexity index is 643. The summed E-state index contributed by atoms with van der Waals surface area (Å²) >= 11 is 0. The van der Waals surface area contributed by atoms with E-state index in [-0.39, 0.29) is 18.1 Å². The summed E-state index contributed by atoms with van der Waals surface area (Å²) in [7, 11) is 0. The van der Waals surface area contributed by atoms with Crippen molar-refractivity contribution in [2.45, 2.75) is 6.92 Å². The lowest BCUT2D eigenvalue weighted by Crippen LogP contribution is -2.11. The highest BCUT2D eigenvalue weighted by Gasteiger charge is 2.25. The molecule has 0 spiro atoms. The SMILES string of the molecule is CCOC(=O)c1nc(-c2ccccc2)ncc1[N+](=O)[O-]. The van der Waals surface area contributed by atoms with Crippen LogP contribution in [0.25, 0.3) is 11.4 Å². The second-order valence-corrected chi connectivity index (χ2v) is 3.77. The molecule has 0 radical (unpaired) electrons. The third-order valence-corrected chi connectivity index (χ3v) is 2.47. The molecule has 7 nitrogen and oxygen atoms in total. The molecule has 0 aliphatic rings. The second kappa shape index (κ2) is 5.87. The fraction of sp³-hybridized carbons (Fsp3) is 0.154. The molecule has 20 heavy (non-hydrogen) atoms. The highest BCUT2D eigenvalue weighted by Crippen LogP contribution is 2.21. The van der Waals surface area contributed by atoms with Crippen molar-refractivity contribution in [3.63, 3.8) is 0 Å². The number of rotatable bonds is 4. The Kier molecular flexibility index (Phi) is 3.99. The Labute approximate surface area is 114 Å². The van der Waals surface area contributed by atoms with E-state index in [1.165, 1.54) is 0 Å². The Balaban J connectivity index is 2.51. The molecule has 0 saturated heterocycles. The zero-order valence-electron chi connectivity index (χ0n) is 10.6. The van der Waals surface area contributed by atoms with E-state index in [2.05, 4.69) is 9.97 Å². The molecule has 0 aliphatic carbocycles. The van der Waals surface area contributed by atoms with E-state index in [1.54, 1.807) is 31.2 Å². The number of nitrogens with zero attached hydrogens (tertiary/aromatic N) is 3. The van der Waals surface area contributed by atoms with Crippen molar-refractivity contribution >= 4 is 11.7 Å². The van der Waals surface area contributed by atoms with Crippen LogP contribution in [0, 0.1) is 10.1 Å². The lowest BCUT2D eigenvalue weighted by atomic mass is 10.2. The molecule has 1 heterocycles. The maximum Gasteiger partial charge on any atom is 0.364 e. The van der Waals surface area contributed by atoms with Gasteiger partial charge in [-0.3, -0.25) is 10.1 Å². The molecule has 0 saturated carbocycles. The fourth-order valence-corrected chi connectivity index (χ4v) is 1.59. The number of nitro groups is 1. The van der Waals surface area contributed by atoms with E-state index >= 15 is 0 Å². The molecule has 1 aromatic heterocycles. The van der Waals surface area contributed by atoms with E-state index in [0.717, 1.165) is 6.20 Å². The summed E-state index contributed by atoms with van der Waals surface area (Å²) in [4.78, 5) is 29.8. The predicted molar refractivity (Wildman–Crippen MR) is 70.1 cm³/mol. The molecule has 0 aliphatic heterocycles. The highest BCUT2D eigenvalue weighted by atomic mass is 16.6. The summed E-state index contributed by atoms with van der Waals surface area (Å²) in [5.41, 5.74) is -0.151. The summed E-state index contributed by atoms with van der Waals surface area (Å²) in [5, 5.41) is 10.9.